The zero-order valence-corrected chi connectivity index (χ0v) is 17.1. The van der Waals surface area contributed by atoms with Gasteiger partial charge in [-0.2, -0.15) is 9.61 Å². The third kappa shape index (κ3) is 4.94. The maximum absolute atomic E-state index is 13.1. The number of carbonyl (C=O) groups is 1. The van der Waals surface area contributed by atoms with Crippen LogP contribution >= 0.6 is 0 Å². The summed E-state index contributed by atoms with van der Waals surface area (Å²) in [5, 5.41) is 21.5. The van der Waals surface area contributed by atoms with Gasteiger partial charge in [0.05, 0.1) is 12.8 Å². The number of nitrogens with one attached hydrogen (secondary N) is 1. The second-order valence-electron chi connectivity index (χ2n) is 8.30. The molecule has 0 atom stereocenters. The van der Waals surface area contributed by atoms with Crippen LogP contribution in [0.15, 0.2) is 16.0 Å². The first-order chi connectivity index (χ1) is 13.7. The lowest BCUT2D eigenvalue weighted by Crippen LogP contribution is -2.37. The van der Waals surface area contributed by atoms with Gasteiger partial charge < -0.3 is 20.0 Å². The van der Waals surface area contributed by atoms with E-state index in [-0.39, 0.29) is 23.6 Å². The van der Waals surface area contributed by atoms with E-state index in [1.807, 2.05) is 20.8 Å². The normalized spacial score (nSPS) is 14.6. The molecule has 1 saturated carbocycles. The Morgan fingerprint density at radius 3 is 2.76 bits per heavy atom. The van der Waals surface area contributed by atoms with E-state index in [0.717, 1.165) is 12.8 Å². The van der Waals surface area contributed by atoms with Gasteiger partial charge in [0.25, 0.3) is 11.5 Å². The quantitative estimate of drug-likeness (QED) is 0.386. The Morgan fingerprint density at radius 1 is 1.41 bits per heavy atom. The van der Waals surface area contributed by atoms with E-state index >= 15 is 0 Å². The first kappa shape index (κ1) is 20.8. The van der Waals surface area contributed by atoms with Crippen molar-refractivity contribution in [1.82, 2.24) is 19.5 Å². The maximum Gasteiger partial charge on any atom is 0.270 e. The van der Waals surface area contributed by atoms with E-state index in [0.29, 0.717) is 24.5 Å². The Balaban J connectivity index is 2.05. The van der Waals surface area contributed by atoms with Gasteiger partial charge >= 0.3 is 0 Å². The monoisotopic (exact) mass is 405 g/mol. The van der Waals surface area contributed by atoms with Crippen LogP contribution in [0.25, 0.3) is 5.65 Å². The summed E-state index contributed by atoms with van der Waals surface area (Å²) in [6.07, 6.45) is 3.12. The molecule has 0 saturated heterocycles. The van der Waals surface area contributed by atoms with Gasteiger partial charge in [-0.05, 0) is 18.3 Å². The van der Waals surface area contributed by atoms with E-state index in [2.05, 4.69) is 15.6 Å². The molecule has 1 aliphatic carbocycles. The number of methoxy groups -OCH3 is 1. The van der Waals surface area contributed by atoms with Crippen LogP contribution in [0.1, 0.15) is 49.7 Å². The minimum Gasteiger partial charge on any atom is -0.492 e. The van der Waals surface area contributed by atoms with Gasteiger partial charge in [-0.3, -0.25) is 14.2 Å². The molecule has 10 nitrogen and oxygen atoms in total. The topological polar surface area (TPSA) is 119 Å². The summed E-state index contributed by atoms with van der Waals surface area (Å²) in [6.45, 7) is 6.96. The van der Waals surface area contributed by atoms with Gasteiger partial charge in [0.2, 0.25) is 5.88 Å². The molecule has 10 heteroatoms. The van der Waals surface area contributed by atoms with Crippen molar-refractivity contribution in [3.8, 4) is 5.88 Å². The largest absolute Gasteiger partial charge is 0.492 e. The summed E-state index contributed by atoms with van der Waals surface area (Å²) < 4.78 is 7.51. The fourth-order valence-electron chi connectivity index (χ4n) is 2.82. The van der Waals surface area contributed by atoms with E-state index in [1.54, 1.807) is 13.2 Å². The molecule has 2 aromatic heterocycles. The number of rotatable bonds is 8. The van der Waals surface area contributed by atoms with Crippen LogP contribution in [0.3, 0.4) is 0 Å². The molecule has 0 radical (unpaired) electrons. The van der Waals surface area contributed by atoms with Crippen LogP contribution in [0, 0.1) is 5.41 Å². The number of ether oxygens (including phenoxy) is 1. The predicted molar refractivity (Wildman–Crippen MR) is 106 cm³/mol. The summed E-state index contributed by atoms with van der Waals surface area (Å²) in [6, 6.07) is 1.66. The lowest BCUT2D eigenvalue weighted by Gasteiger charge is -2.21. The first-order valence-corrected chi connectivity index (χ1v) is 9.52. The molecule has 1 fully saturated rings. The van der Waals surface area contributed by atoms with Gasteiger partial charge in [-0.1, -0.05) is 25.9 Å². The van der Waals surface area contributed by atoms with Crippen molar-refractivity contribution in [1.29, 1.82) is 0 Å². The highest BCUT2D eigenvalue weighted by atomic mass is 16.6. The molecule has 0 spiro atoms. The maximum atomic E-state index is 13.1. The lowest BCUT2D eigenvalue weighted by atomic mass is 9.97. The molecule has 0 aromatic carbocycles. The molecule has 0 aliphatic heterocycles. The van der Waals surface area contributed by atoms with Gasteiger partial charge in [-0.25, -0.2) is 0 Å². The lowest BCUT2D eigenvalue weighted by molar-refractivity contribution is 0.0759. The standard InChI is InChI=1S/C19H27N5O5/c1-19(2,3)11-23-14-9-13(10-20-29-8-7-28-4)22-24(14)18(27)15(17(23)26)16(25)21-12-5-6-12/h9-10,12,27H,5-8,11H2,1-4H3,(H,21,25). The Kier molecular flexibility index (Phi) is 5.92. The fourth-order valence-corrected chi connectivity index (χ4v) is 2.82. The molecule has 2 aromatic rings. The van der Waals surface area contributed by atoms with Crippen molar-refractivity contribution in [3.05, 3.63) is 27.7 Å². The predicted octanol–water partition coefficient (Wildman–Crippen LogP) is 1.14. The van der Waals surface area contributed by atoms with Crippen molar-refractivity contribution >= 4 is 17.8 Å². The molecule has 0 unspecified atom stereocenters. The third-order valence-corrected chi connectivity index (χ3v) is 4.28. The molecule has 1 amide bonds. The Morgan fingerprint density at radius 2 is 2.14 bits per heavy atom. The van der Waals surface area contributed by atoms with E-state index in [9.17, 15) is 14.7 Å². The van der Waals surface area contributed by atoms with Crippen LogP contribution in [-0.4, -0.2) is 57.8 Å². The minimum atomic E-state index is -0.590. The van der Waals surface area contributed by atoms with Crippen molar-refractivity contribution in [2.45, 2.75) is 46.2 Å². The van der Waals surface area contributed by atoms with Crippen molar-refractivity contribution < 1.29 is 19.5 Å². The highest BCUT2D eigenvalue weighted by Gasteiger charge is 2.30. The zero-order valence-electron chi connectivity index (χ0n) is 17.1. The average molecular weight is 405 g/mol. The molecule has 29 heavy (non-hydrogen) atoms. The number of nitrogens with zero attached hydrogens (tertiary/aromatic N) is 4. The average Bonchev–Trinajstić information content (AvgIpc) is 3.33. The number of hydrogen-bond acceptors (Lipinski definition) is 7. The van der Waals surface area contributed by atoms with E-state index in [4.69, 9.17) is 9.57 Å². The second-order valence-corrected chi connectivity index (χ2v) is 8.30. The number of oxime groups is 1. The Bertz CT molecular complexity index is 982. The highest BCUT2D eigenvalue weighted by Crippen LogP contribution is 2.23. The van der Waals surface area contributed by atoms with Crippen LogP contribution in [-0.2, 0) is 16.1 Å². The Hall–Kier alpha value is -2.88. The molecule has 158 valence electrons. The van der Waals surface area contributed by atoms with Gasteiger partial charge in [0.15, 0.2) is 5.56 Å². The smallest absolute Gasteiger partial charge is 0.270 e. The SMILES string of the molecule is COCCON=Cc1cc2n(CC(C)(C)C)c(=O)c(C(=O)NC3CC3)c(O)n2n1. The fraction of sp³-hybridized carbons (Fsp3) is 0.579. The molecule has 3 rings (SSSR count). The number of aromatic nitrogens is 3. The van der Waals surface area contributed by atoms with E-state index in [1.165, 1.54) is 15.3 Å². The van der Waals surface area contributed by atoms with Crippen molar-refractivity contribution in [3.63, 3.8) is 0 Å². The molecular formula is C19H27N5O5. The Labute approximate surface area is 168 Å². The van der Waals surface area contributed by atoms with Crippen LogP contribution in [0.2, 0.25) is 0 Å². The number of hydrogen-bond donors (Lipinski definition) is 2. The number of carbonyl (C=O) groups excluding carboxylic acids is 1. The first-order valence-electron chi connectivity index (χ1n) is 9.52. The van der Waals surface area contributed by atoms with Crippen LogP contribution < -0.4 is 10.9 Å². The number of aromatic hydroxyl groups is 1. The molecule has 2 heterocycles. The summed E-state index contributed by atoms with van der Waals surface area (Å²) >= 11 is 0. The van der Waals surface area contributed by atoms with Crippen LogP contribution in [0.4, 0.5) is 0 Å². The van der Waals surface area contributed by atoms with Gasteiger partial charge in [-0.15, -0.1) is 0 Å². The molecule has 0 bridgehead atoms. The summed E-state index contributed by atoms with van der Waals surface area (Å²) in [4.78, 5) is 30.7. The third-order valence-electron chi connectivity index (χ3n) is 4.28. The van der Waals surface area contributed by atoms with Crippen molar-refractivity contribution in [2.24, 2.45) is 10.6 Å². The second kappa shape index (κ2) is 8.24. The van der Waals surface area contributed by atoms with Gasteiger partial charge in [0, 0.05) is 25.8 Å². The van der Waals surface area contributed by atoms with Gasteiger partial charge in [0.1, 0.15) is 17.9 Å². The summed E-state index contributed by atoms with van der Waals surface area (Å²) in [5.41, 5.74) is -0.365. The zero-order chi connectivity index (χ0) is 21.2. The highest BCUT2D eigenvalue weighted by molar-refractivity contribution is 5.96. The minimum absolute atomic E-state index is 0.0534. The molecule has 2 N–H and O–H groups in total. The molecule has 1 aliphatic rings. The van der Waals surface area contributed by atoms with Crippen LogP contribution in [0.5, 0.6) is 5.88 Å². The number of fused-ring (bicyclic) bond motifs is 1. The number of amides is 1. The molecular weight excluding hydrogens is 378 g/mol. The summed E-state index contributed by atoms with van der Waals surface area (Å²) in [5.74, 6) is -1.08. The van der Waals surface area contributed by atoms with Crippen molar-refractivity contribution in [2.75, 3.05) is 20.3 Å². The van der Waals surface area contributed by atoms with E-state index < -0.39 is 17.3 Å². The summed E-state index contributed by atoms with van der Waals surface area (Å²) in [7, 11) is 1.56.